The molecule has 9 heteroatoms. The summed E-state index contributed by atoms with van der Waals surface area (Å²) in [6.45, 7) is 3.70. The number of aliphatic hydroxyl groups is 5. The summed E-state index contributed by atoms with van der Waals surface area (Å²) < 4.78 is 11.1. The molecule has 1 heterocycles. The van der Waals surface area contributed by atoms with Gasteiger partial charge in [0.15, 0.2) is 6.29 Å². The maximum absolute atomic E-state index is 12.9. The van der Waals surface area contributed by atoms with Crippen LogP contribution in [0, 0.1) is 0 Å². The molecule has 0 aromatic heterocycles. The fourth-order valence-electron chi connectivity index (χ4n) is 6.10. The van der Waals surface area contributed by atoms with Gasteiger partial charge in [-0.2, -0.15) is 0 Å². The lowest BCUT2D eigenvalue weighted by molar-refractivity contribution is -0.302. The van der Waals surface area contributed by atoms with E-state index < -0.39 is 49.5 Å². The molecule has 50 heavy (non-hydrogen) atoms. The van der Waals surface area contributed by atoms with E-state index in [4.69, 9.17) is 9.47 Å². The summed E-state index contributed by atoms with van der Waals surface area (Å²) in [6, 6.07) is -0.822. The van der Waals surface area contributed by atoms with Gasteiger partial charge in [-0.05, 0) is 57.8 Å². The second-order valence-electron chi connectivity index (χ2n) is 14.1. The van der Waals surface area contributed by atoms with Crippen LogP contribution < -0.4 is 5.32 Å². The summed E-state index contributed by atoms with van der Waals surface area (Å²) in [7, 11) is 0. The molecular formula is C41H75NO8. The molecule has 0 spiro atoms. The van der Waals surface area contributed by atoms with Gasteiger partial charge in [0.2, 0.25) is 5.91 Å². The summed E-state index contributed by atoms with van der Waals surface area (Å²) >= 11 is 0. The van der Waals surface area contributed by atoms with Crippen molar-refractivity contribution >= 4 is 5.91 Å². The zero-order chi connectivity index (χ0) is 36.7. The summed E-state index contributed by atoms with van der Waals surface area (Å²) in [5.74, 6) is -0.199. The number of nitrogens with one attached hydrogen (secondary N) is 1. The van der Waals surface area contributed by atoms with E-state index in [1.165, 1.54) is 83.5 Å². The molecule has 292 valence electrons. The van der Waals surface area contributed by atoms with Crippen LogP contribution in [0.15, 0.2) is 36.5 Å². The van der Waals surface area contributed by atoms with E-state index >= 15 is 0 Å². The quantitative estimate of drug-likeness (QED) is 0.0314. The van der Waals surface area contributed by atoms with Gasteiger partial charge in [-0.15, -0.1) is 0 Å². The molecule has 1 fully saturated rings. The van der Waals surface area contributed by atoms with Crippen LogP contribution >= 0.6 is 0 Å². The number of allylic oxidation sites excluding steroid dienone is 5. The molecule has 0 aliphatic carbocycles. The number of hydrogen-bond donors (Lipinski definition) is 6. The van der Waals surface area contributed by atoms with E-state index in [0.717, 1.165) is 57.8 Å². The summed E-state index contributed by atoms with van der Waals surface area (Å²) in [4.78, 5) is 12.9. The molecule has 1 rings (SSSR count). The third-order valence-corrected chi connectivity index (χ3v) is 9.44. The van der Waals surface area contributed by atoms with Gasteiger partial charge in [0.25, 0.3) is 0 Å². The molecule has 1 aliphatic heterocycles. The van der Waals surface area contributed by atoms with Crippen LogP contribution in [0.25, 0.3) is 0 Å². The van der Waals surface area contributed by atoms with E-state index in [9.17, 15) is 30.3 Å². The smallest absolute Gasteiger partial charge is 0.220 e. The van der Waals surface area contributed by atoms with Crippen LogP contribution in [0.5, 0.6) is 0 Å². The number of aliphatic hydroxyl groups excluding tert-OH is 5. The van der Waals surface area contributed by atoms with Crippen molar-refractivity contribution in [3.8, 4) is 0 Å². The fourth-order valence-corrected chi connectivity index (χ4v) is 6.10. The number of ether oxygens (including phenoxy) is 2. The van der Waals surface area contributed by atoms with Crippen LogP contribution in [0.2, 0.25) is 0 Å². The Kier molecular flexibility index (Phi) is 29.8. The van der Waals surface area contributed by atoms with Crippen molar-refractivity contribution < 1.29 is 39.8 Å². The average Bonchev–Trinajstić information content (AvgIpc) is 3.11. The Bertz CT molecular complexity index is 879. The highest BCUT2D eigenvalue weighted by Gasteiger charge is 2.44. The van der Waals surface area contributed by atoms with Crippen molar-refractivity contribution in [1.29, 1.82) is 0 Å². The molecule has 0 aromatic carbocycles. The number of unbranched alkanes of at least 4 members (excludes halogenated alkanes) is 18. The lowest BCUT2D eigenvalue weighted by Crippen LogP contribution is -2.60. The van der Waals surface area contributed by atoms with Crippen LogP contribution in [0.3, 0.4) is 0 Å². The Labute approximate surface area is 304 Å². The summed E-state index contributed by atoms with van der Waals surface area (Å²) in [6.07, 6.45) is 30.4. The Hall–Kier alpha value is -1.59. The largest absolute Gasteiger partial charge is 0.394 e. The molecule has 1 saturated heterocycles. The first-order valence-corrected chi connectivity index (χ1v) is 20.2. The van der Waals surface area contributed by atoms with Gasteiger partial charge >= 0.3 is 0 Å². The third-order valence-electron chi connectivity index (χ3n) is 9.44. The van der Waals surface area contributed by atoms with Gasteiger partial charge in [-0.25, -0.2) is 0 Å². The average molecular weight is 710 g/mol. The first-order valence-electron chi connectivity index (χ1n) is 20.2. The molecule has 7 unspecified atom stereocenters. The van der Waals surface area contributed by atoms with E-state index in [1.54, 1.807) is 6.08 Å². The van der Waals surface area contributed by atoms with E-state index in [-0.39, 0.29) is 12.5 Å². The number of carbonyl (C=O) groups excluding carboxylic acids is 1. The first kappa shape index (κ1) is 46.4. The van der Waals surface area contributed by atoms with Gasteiger partial charge < -0.3 is 40.3 Å². The minimum atomic E-state index is -1.57. The second kappa shape index (κ2) is 32.1. The zero-order valence-corrected chi connectivity index (χ0v) is 31.6. The minimum Gasteiger partial charge on any atom is -0.394 e. The highest BCUT2D eigenvalue weighted by atomic mass is 16.7. The molecule has 0 radical (unpaired) electrons. The normalized spacial score (nSPS) is 22.6. The summed E-state index contributed by atoms with van der Waals surface area (Å²) in [5.41, 5.74) is 0. The van der Waals surface area contributed by atoms with Gasteiger partial charge in [0.1, 0.15) is 24.4 Å². The fraction of sp³-hybridized carbons (Fsp3) is 0.829. The van der Waals surface area contributed by atoms with Crippen molar-refractivity contribution in [2.24, 2.45) is 0 Å². The van der Waals surface area contributed by atoms with Gasteiger partial charge in [0.05, 0.1) is 25.4 Å². The summed E-state index contributed by atoms with van der Waals surface area (Å²) in [5, 5.41) is 53.9. The maximum atomic E-state index is 12.9. The van der Waals surface area contributed by atoms with Crippen molar-refractivity contribution in [3.05, 3.63) is 36.5 Å². The molecule has 7 atom stereocenters. The molecule has 6 N–H and O–H groups in total. The Balaban J connectivity index is 2.46. The Morgan fingerprint density at radius 2 is 1.14 bits per heavy atom. The molecule has 1 aliphatic rings. The molecule has 9 nitrogen and oxygen atoms in total. The predicted molar refractivity (Wildman–Crippen MR) is 203 cm³/mol. The lowest BCUT2D eigenvalue weighted by Gasteiger charge is -2.40. The van der Waals surface area contributed by atoms with Crippen molar-refractivity contribution in [2.45, 2.75) is 204 Å². The number of hydrogen-bond acceptors (Lipinski definition) is 8. The highest BCUT2D eigenvalue weighted by molar-refractivity contribution is 5.76. The standard InChI is InChI=1S/C41H75NO8/c1-3-5-7-9-11-13-15-17-18-19-21-23-25-27-29-31-37(45)42-34(33-49-41-40(48)39(47)38(46)36(32-43)50-41)35(44)30-28-26-24-22-20-16-14-12-10-8-6-4-2/h17-18,20,22,28,30,34-36,38-41,43-44,46-48H,3-16,19,21,23-27,29,31-33H2,1-2H3,(H,42,45)/b18-17-,22-20+,30-28+. The van der Waals surface area contributed by atoms with E-state index in [2.05, 4.69) is 43.5 Å². The lowest BCUT2D eigenvalue weighted by atomic mass is 9.99. The highest BCUT2D eigenvalue weighted by Crippen LogP contribution is 2.22. The minimum absolute atomic E-state index is 0.199. The van der Waals surface area contributed by atoms with Crippen LogP contribution in [0.4, 0.5) is 0 Å². The first-order chi connectivity index (χ1) is 24.3. The molecule has 0 aromatic rings. The van der Waals surface area contributed by atoms with Crippen molar-refractivity contribution in [2.75, 3.05) is 13.2 Å². The second-order valence-corrected chi connectivity index (χ2v) is 14.1. The van der Waals surface area contributed by atoms with Crippen LogP contribution in [-0.4, -0.2) is 87.5 Å². The number of rotatable bonds is 32. The molecule has 1 amide bonds. The number of carbonyl (C=O) groups is 1. The van der Waals surface area contributed by atoms with E-state index in [0.29, 0.717) is 6.42 Å². The molecule has 0 saturated carbocycles. The zero-order valence-electron chi connectivity index (χ0n) is 31.6. The number of amides is 1. The van der Waals surface area contributed by atoms with Crippen molar-refractivity contribution in [3.63, 3.8) is 0 Å². The monoisotopic (exact) mass is 710 g/mol. The van der Waals surface area contributed by atoms with Crippen molar-refractivity contribution in [1.82, 2.24) is 5.32 Å². The third kappa shape index (κ3) is 23.1. The van der Waals surface area contributed by atoms with Gasteiger partial charge in [-0.3, -0.25) is 4.79 Å². The van der Waals surface area contributed by atoms with Gasteiger partial charge in [0, 0.05) is 6.42 Å². The van der Waals surface area contributed by atoms with Gasteiger partial charge in [-0.1, -0.05) is 134 Å². The van der Waals surface area contributed by atoms with Crippen LogP contribution in [-0.2, 0) is 14.3 Å². The Morgan fingerprint density at radius 3 is 1.68 bits per heavy atom. The maximum Gasteiger partial charge on any atom is 0.220 e. The Morgan fingerprint density at radius 1 is 0.660 bits per heavy atom. The van der Waals surface area contributed by atoms with Crippen LogP contribution in [0.1, 0.15) is 162 Å². The predicted octanol–water partition coefficient (Wildman–Crippen LogP) is 7.33. The van der Waals surface area contributed by atoms with E-state index in [1.807, 2.05) is 6.08 Å². The molecular weight excluding hydrogens is 634 g/mol. The SMILES string of the molecule is CCCCCCCC/C=C\CCCCCCCC(=O)NC(COC1OC(CO)C(O)C(O)C1O)C(O)/C=C/CC/C=C/CCCCCCCC. The molecule has 0 bridgehead atoms. The topological polar surface area (TPSA) is 149 Å².